The molecule has 0 aliphatic carbocycles. The van der Waals surface area contributed by atoms with E-state index < -0.39 is 17.4 Å². The minimum atomic E-state index is -1.35. The zero-order valence-corrected chi connectivity index (χ0v) is 11.3. The molecule has 0 bridgehead atoms. The number of esters is 1. The number of carbonyl (C=O) groups excluding carboxylic acids is 1. The highest BCUT2D eigenvalue weighted by Gasteiger charge is 2.46. The van der Waals surface area contributed by atoms with Crippen LogP contribution >= 0.6 is 0 Å². The second kappa shape index (κ2) is 7.30. The predicted octanol–water partition coefficient (Wildman–Crippen LogP) is 2.86. The summed E-state index contributed by atoms with van der Waals surface area (Å²) in [4.78, 5) is 23.3. The van der Waals surface area contributed by atoms with Gasteiger partial charge in [-0.3, -0.25) is 9.59 Å². The Hall–Kier alpha value is -1.06. The van der Waals surface area contributed by atoms with Gasteiger partial charge in [-0.1, -0.05) is 27.2 Å². The van der Waals surface area contributed by atoms with Gasteiger partial charge in [0.05, 0.1) is 6.61 Å². The molecular weight excluding hydrogens is 220 g/mol. The summed E-state index contributed by atoms with van der Waals surface area (Å²) in [5, 5.41) is 9.36. The first-order chi connectivity index (χ1) is 7.90. The van der Waals surface area contributed by atoms with E-state index in [2.05, 4.69) is 0 Å². The Kier molecular flexibility index (Phi) is 6.85. The van der Waals surface area contributed by atoms with Crippen LogP contribution in [0.15, 0.2) is 0 Å². The van der Waals surface area contributed by atoms with Gasteiger partial charge in [0, 0.05) is 0 Å². The van der Waals surface area contributed by atoms with Crippen LogP contribution in [0.4, 0.5) is 0 Å². The Bertz CT molecular complexity index is 260. The van der Waals surface area contributed by atoms with Crippen molar-refractivity contribution in [2.24, 2.45) is 11.3 Å². The van der Waals surface area contributed by atoms with Crippen molar-refractivity contribution in [2.45, 2.75) is 53.4 Å². The topological polar surface area (TPSA) is 63.6 Å². The molecule has 0 aliphatic heterocycles. The summed E-state index contributed by atoms with van der Waals surface area (Å²) in [6, 6.07) is 0. The first kappa shape index (κ1) is 15.9. The van der Waals surface area contributed by atoms with E-state index in [0.29, 0.717) is 31.6 Å². The van der Waals surface area contributed by atoms with E-state index in [1.807, 2.05) is 20.8 Å². The lowest BCUT2D eigenvalue weighted by atomic mass is 9.77. The van der Waals surface area contributed by atoms with Crippen molar-refractivity contribution in [3.8, 4) is 0 Å². The second-order valence-electron chi connectivity index (χ2n) is 4.79. The highest BCUT2D eigenvalue weighted by molar-refractivity contribution is 5.99. The van der Waals surface area contributed by atoms with Crippen LogP contribution in [0.25, 0.3) is 0 Å². The van der Waals surface area contributed by atoms with Crippen LogP contribution < -0.4 is 0 Å². The third-order valence-electron chi connectivity index (χ3n) is 2.90. The van der Waals surface area contributed by atoms with Gasteiger partial charge in [0.2, 0.25) is 0 Å². The second-order valence-corrected chi connectivity index (χ2v) is 4.79. The quantitative estimate of drug-likeness (QED) is 0.526. The van der Waals surface area contributed by atoms with Crippen LogP contribution in [0.5, 0.6) is 0 Å². The number of rotatable bonds is 8. The van der Waals surface area contributed by atoms with Crippen LogP contribution in [0.1, 0.15) is 53.4 Å². The Morgan fingerprint density at radius 1 is 1.24 bits per heavy atom. The SMILES string of the molecule is CCCC(CCC(C)C)(C(=O)O)C(=O)OCC. The Morgan fingerprint density at radius 2 is 1.82 bits per heavy atom. The van der Waals surface area contributed by atoms with Crippen LogP contribution in [0.2, 0.25) is 0 Å². The summed E-state index contributed by atoms with van der Waals surface area (Å²) in [5.74, 6) is -1.27. The molecule has 0 rings (SSSR count). The summed E-state index contributed by atoms with van der Waals surface area (Å²) in [6.07, 6.45) is 2.06. The molecule has 17 heavy (non-hydrogen) atoms. The van der Waals surface area contributed by atoms with Crippen molar-refractivity contribution in [3.63, 3.8) is 0 Å². The number of hydrogen-bond donors (Lipinski definition) is 1. The molecule has 0 aromatic carbocycles. The molecule has 0 radical (unpaired) electrons. The Morgan fingerprint density at radius 3 is 2.18 bits per heavy atom. The summed E-state index contributed by atoms with van der Waals surface area (Å²) in [6.45, 7) is 7.83. The van der Waals surface area contributed by atoms with Gasteiger partial charge in [0.15, 0.2) is 5.41 Å². The van der Waals surface area contributed by atoms with E-state index in [4.69, 9.17) is 4.74 Å². The van der Waals surface area contributed by atoms with E-state index >= 15 is 0 Å². The Labute approximate surface area is 103 Å². The molecule has 1 atom stereocenters. The highest BCUT2D eigenvalue weighted by atomic mass is 16.5. The van der Waals surface area contributed by atoms with E-state index in [9.17, 15) is 14.7 Å². The molecule has 0 aromatic rings. The highest BCUT2D eigenvalue weighted by Crippen LogP contribution is 2.33. The maximum Gasteiger partial charge on any atom is 0.323 e. The molecule has 1 N–H and O–H groups in total. The van der Waals surface area contributed by atoms with Crippen LogP contribution in [-0.2, 0) is 14.3 Å². The lowest BCUT2D eigenvalue weighted by Gasteiger charge is -2.27. The van der Waals surface area contributed by atoms with Gasteiger partial charge in [-0.15, -0.1) is 0 Å². The zero-order chi connectivity index (χ0) is 13.5. The van der Waals surface area contributed by atoms with E-state index in [0.717, 1.165) is 0 Å². The van der Waals surface area contributed by atoms with Crippen molar-refractivity contribution in [3.05, 3.63) is 0 Å². The molecule has 100 valence electrons. The molecule has 0 fully saturated rings. The summed E-state index contributed by atoms with van der Waals surface area (Å²) in [5.41, 5.74) is -1.35. The van der Waals surface area contributed by atoms with Gasteiger partial charge in [-0.2, -0.15) is 0 Å². The van der Waals surface area contributed by atoms with Gasteiger partial charge in [-0.25, -0.2) is 0 Å². The molecule has 4 heteroatoms. The molecule has 0 heterocycles. The standard InChI is InChI=1S/C13H24O4/c1-5-8-13(11(14)15,9-7-10(3)4)12(16)17-6-2/h10H,5-9H2,1-4H3,(H,14,15). The molecular formula is C13H24O4. The number of ether oxygens (including phenoxy) is 1. The summed E-state index contributed by atoms with van der Waals surface area (Å²) >= 11 is 0. The van der Waals surface area contributed by atoms with Crippen molar-refractivity contribution >= 4 is 11.9 Å². The van der Waals surface area contributed by atoms with Crippen molar-refractivity contribution in [1.29, 1.82) is 0 Å². The van der Waals surface area contributed by atoms with E-state index in [1.165, 1.54) is 0 Å². The lowest BCUT2D eigenvalue weighted by molar-refractivity contribution is -0.170. The number of hydrogen-bond acceptors (Lipinski definition) is 3. The molecule has 4 nitrogen and oxygen atoms in total. The van der Waals surface area contributed by atoms with Crippen LogP contribution in [-0.4, -0.2) is 23.7 Å². The van der Waals surface area contributed by atoms with Crippen molar-refractivity contribution < 1.29 is 19.4 Å². The third-order valence-corrected chi connectivity index (χ3v) is 2.90. The maximum absolute atomic E-state index is 11.9. The van der Waals surface area contributed by atoms with Crippen LogP contribution in [0.3, 0.4) is 0 Å². The van der Waals surface area contributed by atoms with Crippen molar-refractivity contribution in [2.75, 3.05) is 6.61 Å². The molecule has 0 aromatic heterocycles. The fraction of sp³-hybridized carbons (Fsp3) is 0.846. The van der Waals surface area contributed by atoms with Gasteiger partial charge < -0.3 is 9.84 Å². The molecule has 0 saturated heterocycles. The third kappa shape index (κ3) is 4.36. The average Bonchev–Trinajstić information content (AvgIpc) is 2.23. The first-order valence-electron chi connectivity index (χ1n) is 6.31. The molecule has 0 aliphatic rings. The van der Waals surface area contributed by atoms with Crippen molar-refractivity contribution in [1.82, 2.24) is 0 Å². The normalized spacial score (nSPS) is 14.4. The fourth-order valence-electron chi connectivity index (χ4n) is 1.86. The van der Waals surface area contributed by atoms with Gasteiger partial charge in [-0.05, 0) is 32.1 Å². The number of aliphatic carboxylic acids is 1. The van der Waals surface area contributed by atoms with Gasteiger partial charge >= 0.3 is 11.9 Å². The largest absolute Gasteiger partial charge is 0.480 e. The molecule has 1 unspecified atom stereocenters. The Balaban J connectivity index is 4.98. The van der Waals surface area contributed by atoms with Gasteiger partial charge in [0.1, 0.15) is 0 Å². The number of carboxylic acids is 1. The summed E-state index contributed by atoms with van der Waals surface area (Å²) < 4.78 is 4.93. The number of carboxylic acid groups (broad SMARTS) is 1. The van der Waals surface area contributed by atoms with Gasteiger partial charge in [0.25, 0.3) is 0 Å². The smallest absolute Gasteiger partial charge is 0.323 e. The number of carbonyl (C=O) groups is 2. The zero-order valence-electron chi connectivity index (χ0n) is 11.3. The first-order valence-corrected chi connectivity index (χ1v) is 6.31. The molecule has 0 saturated carbocycles. The fourth-order valence-corrected chi connectivity index (χ4v) is 1.86. The summed E-state index contributed by atoms with van der Waals surface area (Å²) in [7, 11) is 0. The predicted molar refractivity (Wildman–Crippen MR) is 65.7 cm³/mol. The minimum absolute atomic E-state index is 0.221. The van der Waals surface area contributed by atoms with E-state index in [1.54, 1.807) is 6.92 Å². The average molecular weight is 244 g/mol. The molecule has 0 amide bonds. The molecule has 0 spiro atoms. The minimum Gasteiger partial charge on any atom is -0.480 e. The van der Waals surface area contributed by atoms with Crippen LogP contribution in [0, 0.1) is 11.3 Å². The lowest BCUT2D eigenvalue weighted by Crippen LogP contribution is -2.41. The maximum atomic E-state index is 11.9. The monoisotopic (exact) mass is 244 g/mol. The van der Waals surface area contributed by atoms with E-state index in [-0.39, 0.29) is 6.61 Å².